The molecule has 0 bridgehead atoms. The summed E-state index contributed by atoms with van der Waals surface area (Å²) in [7, 11) is 0. The first-order valence-electron chi connectivity index (χ1n) is 14.0. The normalized spacial score (nSPS) is 16.9. The van der Waals surface area contributed by atoms with Crippen LogP contribution >= 0.6 is 0 Å². The van der Waals surface area contributed by atoms with Crippen molar-refractivity contribution < 1.29 is 24.2 Å². The zero-order valence-corrected chi connectivity index (χ0v) is 24.3. The standard InChI is InChI=1S/C34H39NO5/c1-7-19-40-26-12-10-11-25(21-26)35-30(23-15-13-22(8-2)14-16-23)29(32(37)33(35)38)31(36)24-17-18-28(39-9-3)27(20-24)34(4,5)6/h10-18,20-21,30,36H,7-9,19H2,1-6H3/b31-29-. The monoisotopic (exact) mass is 541 g/mol. The second-order valence-corrected chi connectivity index (χ2v) is 11.0. The summed E-state index contributed by atoms with van der Waals surface area (Å²) in [5.41, 5.74) is 3.54. The van der Waals surface area contributed by atoms with Crippen molar-refractivity contribution in [2.75, 3.05) is 18.1 Å². The third-order valence-corrected chi connectivity index (χ3v) is 7.08. The number of aryl methyl sites for hydroxylation is 1. The van der Waals surface area contributed by atoms with E-state index in [1.165, 1.54) is 4.90 Å². The Morgan fingerprint density at radius 1 is 0.925 bits per heavy atom. The Morgan fingerprint density at radius 3 is 2.27 bits per heavy atom. The van der Waals surface area contributed by atoms with Gasteiger partial charge in [0.15, 0.2) is 0 Å². The number of Topliss-reactive ketones (excluding diaryl/α,β-unsaturated/α-hetero) is 1. The molecule has 40 heavy (non-hydrogen) atoms. The number of ether oxygens (including phenoxy) is 2. The van der Waals surface area contributed by atoms with Gasteiger partial charge in [-0.05, 0) is 66.6 Å². The molecule has 0 saturated carbocycles. The lowest BCUT2D eigenvalue weighted by atomic mass is 9.84. The predicted octanol–water partition coefficient (Wildman–Crippen LogP) is 7.36. The fourth-order valence-electron chi connectivity index (χ4n) is 4.99. The number of nitrogens with zero attached hydrogens (tertiary/aromatic N) is 1. The van der Waals surface area contributed by atoms with Gasteiger partial charge in [0, 0.05) is 22.9 Å². The molecule has 1 heterocycles. The number of benzene rings is 3. The molecule has 0 radical (unpaired) electrons. The summed E-state index contributed by atoms with van der Waals surface area (Å²) in [6.07, 6.45) is 1.70. The van der Waals surface area contributed by atoms with Crippen molar-refractivity contribution in [3.8, 4) is 11.5 Å². The molecule has 4 rings (SSSR count). The van der Waals surface area contributed by atoms with Gasteiger partial charge in [-0.1, -0.05) is 65.0 Å². The number of rotatable bonds is 9. The van der Waals surface area contributed by atoms with E-state index in [4.69, 9.17) is 9.47 Å². The third kappa shape index (κ3) is 5.76. The average Bonchev–Trinajstić information content (AvgIpc) is 3.21. The summed E-state index contributed by atoms with van der Waals surface area (Å²) in [6.45, 7) is 13.3. The average molecular weight is 542 g/mol. The second-order valence-electron chi connectivity index (χ2n) is 11.0. The van der Waals surface area contributed by atoms with Crippen molar-refractivity contribution in [2.45, 2.75) is 65.8 Å². The Morgan fingerprint density at radius 2 is 1.65 bits per heavy atom. The maximum atomic E-state index is 13.7. The fourth-order valence-corrected chi connectivity index (χ4v) is 4.99. The number of anilines is 1. The van der Waals surface area contributed by atoms with E-state index in [-0.39, 0.29) is 16.7 Å². The zero-order valence-electron chi connectivity index (χ0n) is 24.3. The molecule has 6 heteroatoms. The number of aliphatic hydroxyl groups excluding tert-OH is 1. The smallest absolute Gasteiger partial charge is 0.300 e. The molecule has 1 amide bonds. The highest BCUT2D eigenvalue weighted by Gasteiger charge is 2.47. The molecule has 0 aliphatic carbocycles. The van der Waals surface area contributed by atoms with Crippen LogP contribution in [-0.2, 0) is 21.4 Å². The van der Waals surface area contributed by atoms with Crippen LogP contribution in [0.25, 0.3) is 5.76 Å². The molecular formula is C34H39NO5. The molecule has 0 spiro atoms. The summed E-state index contributed by atoms with van der Waals surface area (Å²) in [5.74, 6) is -0.295. The first-order valence-corrected chi connectivity index (χ1v) is 14.0. The van der Waals surface area contributed by atoms with Gasteiger partial charge in [0.25, 0.3) is 11.7 Å². The van der Waals surface area contributed by atoms with Crippen LogP contribution in [-0.4, -0.2) is 30.0 Å². The van der Waals surface area contributed by atoms with E-state index in [0.29, 0.717) is 30.2 Å². The lowest BCUT2D eigenvalue weighted by Gasteiger charge is -2.26. The van der Waals surface area contributed by atoms with Crippen LogP contribution in [0.4, 0.5) is 5.69 Å². The van der Waals surface area contributed by atoms with Gasteiger partial charge in [0.2, 0.25) is 0 Å². The van der Waals surface area contributed by atoms with Crippen molar-refractivity contribution in [3.63, 3.8) is 0 Å². The Hall–Kier alpha value is -4.06. The van der Waals surface area contributed by atoms with Crippen molar-refractivity contribution in [3.05, 3.63) is 94.6 Å². The minimum atomic E-state index is -0.808. The number of hydrogen-bond acceptors (Lipinski definition) is 5. The lowest BCUT2D eigenvalue weighted by molar-refractivity contribution is -0.132. The Balaban J connectivity index is 1.91. The molecule has 1 aliphatic heterocycles. The van der Waals surface area contributed by atoms with Crippen LogP contribution in [0.2, 0.25) is 0 Å². The van der Waals surface area contributed by atoms with Crippen LogP contribution < -0.4 is 14.4 Å². The summed E-state index contributed by atoms with van der Waals surface area (Å²) >= 11 is 0. The molecule has 3 aromatic carbocycles. The Labute approximate surface area is 237 Å². The zero-order chi connectivity index (χ0) is 29.0. The Bertz CT molecular complexity index is 1410. The minimum Gasteiger partial charge on any atom is -0.507 e. The maximum absolute atomic E-state index is 13.7. The topological polar surface area (TPSA) is 76.1 Å². The van der Waals surface area contributed by atoms with Gasteiger partial charge in [-0.15, -0.1) is 0 Å². The van der Waals surface area contributed by atoms with Gasteiger partial charge in [-0.2, -0.15) is 0 Å². The van der Waals surface area contributed by atoms with Gasteiger partial charge in [0.1, 0.15) is 17.3 Å². The lowest BCUT2D eigenvalue weighted by Crippen LogP contribution is -2.29. The van der Waals surface area contributed by atoms with E-state index < -0.39 is 17.7 Å². The van der Waals surface area contributed by atoms with Gasteiger partial charge in [-0.25, -0.2) is 0 Å². The van der Waals surface area contributed by atoms with Crippen molar-refractivity contribution in [1.29, 1.82) is 0 Å². The first-order chi connectivity index (χ1) is 19.1. The molecule has 1 saturated heterocycles. The quantitative estimate of drug-likeness (QED) is 0.174. The molecule has 1 fully saturated rings. The second kappa shape index (κ2) is 12.0. The molecule has 1 aliphatic rings. The number of carbonyl (C=O) groups excluding carboxylic acids is 2. The van der Waals surface area contributed by atoms with E-state index in [1.807, 2.05) is 56.3 Å². The van der Waals surface area contributed by atoms with Crippen molar-refractivity contribution in [1.82, 2.24) is 0 Å². The summed E-state index contributed by atoms with van der Waals surface area (Å²) in [6, 6.07) is 19.6. The van der Waals surface area contributed by atoms with Crippen LogP contribution in [0.15, 0.2) is 72.3 Å². The number of ketones is 1. The molecule has 3 aromatic rings. The van der Waals surface area contributed by atoms with Gasteiger partial charge >= 0.3 is 0 Å². The summed E-state index contributed by atoms with van der Waals surface area (Å²) in [4.78, 5) is 28.7. The van der Waals surface area contributed by atoms with E-state index in [0.717, 1.165) is 35.3 Å². The van der Waals surface area contributed by atoms with E-state index in [1.54, 1.807) is 24.3 Å². The minimum absolute atomic E-state index is 0.0538. The number of hydrogen-bond donors (Lipinski definition) is 1. The van der Waals surface area contributed by atoms with Crippen molar-refractivity contribution >= 4 is 23.1 Å². The number of aliphatic hydroxyl groups is 1. The SMILES string of the molecule is CCCOc1cccc(N2C(=O)C(=O)/C(=C(\O)c3ccc(OCC)c(C(C)(C)C)c3)C2c2ccc(CC)cc2)c1. The predicted molar refractivity (Wildman–Crippen MR) is 159 cm³/mol. The van der Waals surface area contributed by atoms with E-state index in [2.05, 4.69) is 27.7 Å². The van der Waals surface area contributed by atoms with Crippen LogP contribution in [0.5, 0.6) is 11.5 Å². The van der Waals surface area contributed by atoms with Crippen molar-refractivity contribution in [2.24, 2.45) is 0 Å². The molecule has 1 N–H and O–H groups in total. The fraction of sp³-hybridized carbons (Fsp3) is 0.353. The highest BCUT2D eigenvalue weighted by Crippen LogP contribution is 2.44. The molecule has 6 nitrogen and oxygen atoms in total. The summed E-state index contributed by atoms with van der Waals surface area (Å²) < 4.78 is 11.7. The molecular weight excluding hydrogens is 502 g/mol. The molecule has 1 unspecified atom stereocenters. The van der Waals surface area contributed by atoms with E-state index in [9.17, 15) is 14.7 Å². The van der Waals surface area contributed by atoms with Crippen LogP contribution in [0.1, 0.15) is 76.3 Å². The molecule has 0 aromatic heterocycles. The number of carbonyl (C=O) groups is 2. The van der Waals surface area contributed by atoms with Gasteiger partial charge in [0.05, 0.1) is 24.8 Å². The highest BCUT2D eigenvalue weighted by atomic mass is 16.5. The van der Waals surface area contributed by atoms with Crippen LogP contribution in [0, 0.1) is 0 Å². The highest BCUT2D eigenvalue weighted by molar-refractivity contribution is 6.51. The number of amides is 1. The molecule has 1 atom stereocenters. The summed E-state index contributed by atoms with van der Waals surface area (Å²) in [5, 5.41) is 11.7. The largest absolute Gasteiger partial charge is 0.507 e. The van der Waals surface area contributed by atoms with E-state index >= 15 is 0 Å². The Kier molecular flexibility index (Phi) is 8.67. The third-order valence-electron chi connectivity index (χ3n) is 7.08. The van der Waals surface area contributed by atoms with Gasteiger partial charge < -0.3 is 14.6 Å². The molecule has 210 valence electrons. The first kappa shape index (κ1) is 28.9. The van der Waals surface area contributed by atoms with Crippen LogP contribution in [0.3, 0.4) is 0 Å². The maximum Gasteiger partial charge on any atom is 0.300 e. The van der Waals surface area contributed by atoms with Gasteiger partial charge in [-0.3, -0.25) is 14.5 Å².